The van der Waals surface area contributed by atoms with Gasteiger partial charge in [-0.15, -0.1) is 0 Å². The number of nitrogens with zero attached hydrogens (tertiary/aromatic N) is 4. The van der Waals surface area contributed by atoms with E-state index in [2.05, 4.69) is 47.5 Å². The van der Waals surface area contributed by atoms with Gasteiger partial charge < -0.3 is 15.3 Å². The lowest BCUT2D eigenvalue weighted by molar-refractivity contribution is 0.193. The first kappa shape index (κ1) is 19.2. The molecule has 3 rings (SSSR count). The monoisotopic (exact) mass is 371 g/mol. The van der Waals surface area contributed by atoms with Crippen LogP contribution in [0.25, 0.3) is 11.3 Å². The molecule has 0 saturated carbocycles. The number of aromatic nitrogens is 3. The maximum atomic E-state index is 10.5. The number of nitrogens with one attached hydrogen (secondary N) is 1. The first-order valence-corrected chi connectivity index (χ1v) is 9.73. The van der Waals surface area contributed by atoms with Crippen LogP contribution in [0.4, 0.5) is 10.6 Å². The molecule has 2 N–H and O–H groups in total. The van der Waals surface area contributed by atoms with Crippen molar-refractivity contribution in [3.8, 4) is 11.3 Å². The molecule has 0 unspecified atom stereocenters. The fourth-order valence-corrected chi connectivity index (χ4v) is 3.56. The minimum Gasteiger partial charge on any atom is -0.465 e. The first-order valence-electron chi connectivity index (χ1n) is 9.73. The molecule has 2 aromatic heterocycles. The van der Waals surface area contributed by atoms with E-state index >= 15 is 0 Å². The van der Waals surface area contributed by atoms with Crippen LogP contribution in [-0.4, -0.2) is 45.6 Å². The SMILES string of the molecule is CC(C)Cn1cc(-c2cccc(N3CCC(CCNC(=O)O)CC3)n2)cn1. The van der Waals surface area contributed by atoms with E-state index in [-0.39, 0.29) is 0 Å². The van der Waals surface area contributed by atoms with Gasteiger partial charge in [-0.05, 0) is 43.2 Å². The summed E-state index contributed by atoms with van der Waals surface area (Å²) in [5, 5.41) is 15.6. The zero-order valence-electron chi connectivity index (χ0n) is 16.1. The predicted octanol–water partition coefficient (Wildman–Crippen LogP) is 3.48. The van der Waals surface area contributed by atoms with E-state index in [1.807, 2.05) is 16.9 Å². The Morgan fingerprint density at radius 1 is 1.33 bits per heavy atom. The minimum atomic E-state index is -0.940. The Bertz CT molecular complexity index is 750. The molecule has 1 fully saturated rings. The summed E-state index contributed by atoms with van der Waals surface area (Å²) in [7, 11) is 0. The second kappa shape index (κ2) is 8.88. The molecule has 27 heavy (non-hydrogen) atoms. The Balaban J connectivity index is 1.58. The van der Waals surface area contributed by atoms with Gasteiger partial charge in [-0.3, -0.25) is 4.68 Å². The van der Waals surface area contributed by atoms with Gasteiger partial charge in [-0.2, -0.15) is 5.10 Å². The van der Waals surface area contributed by atoms with Crippen LogP contribution in [-0.2, 0) is 6.54 Å². The fourth-order valence-electron chi connectivity index (χ4n) is 3.56. The Morgan fingerprint density at radius 3 is 2.81 bits per heavy atom. The van der Waals surface area contributed by atoms with Gasteiger partial charge in [0.05, 0.1) is 11.9 Å². The molecular formula is C20H29N5O2. The zero-order valence-corrected chi connectivity index (χ0v) is 16.1. The van der Waals surface area contributed by atoms with Crippen LogP contribution in [0.3, 0.4) is 0 Å². The summed E-state index contributed by atoms with van der Waals surface area (Å²) in [6, 6.07) is 6.15. The number of hydrogen-bond acceptors (Lipinski definition) is 4. The summed E-state index contributed by atoms with van der Waals surface area (Å²) in [5.74, 6) is 2.14. The van der Waals surface area contributed by atoms with E-state index < -0.39 is 6.09 Å². The molecule has 0 spiro atoms. The fraction of sp³-hybridized carbons (Fsp3) is 0.550. The molecule has 1 aliphatic rings. The summed E-state index contributed by atoms with van der Waals surface area (Å²) in [6.07, 6.45) is 6.05. The quantitative estimate of drug-likeness (QED) is 0.779. The third-order valence-corrected chi connectivity index (χ3v) is 4.98. The Kier molecular flexibility index (Phi) is 6.32. The first-order chi connectivity index (χ1) is 13.0. The molecule has 2 aromatic rings. The molecule has 1 amide bonds. The van der Waals surface area contributed by atoms with E-state index in [0.717, 1.165) is 56.0 Å². The van der Waals surface area contributed by atoms with Crippen LogP contribution in [0.2, 0.25) is 0 Å². The number of carbonyl (C=O) groups is 1. The topological polar surface area (TPSA) is 83.3 Å². The molecule has 0 bridgehead atoms. The van der Waals surface area contributed by atoms with Gasteiger partial charge in [0, 0.05) is 37.9 Å². The molecule has 0 radical (unpaired) electrons. The summed E-state index contributed by atoms with van der Waals surface area (Å²) in [6.45, 7) is 7.73. The number of anilines is 1. The zero-order chi connectivity index (χ0) is 19.2. The van der Waals surface area contributed by atoms with Gasteiger partial charge >= 0.3 is 6.09 Å². The lowest BCUT2D eigenvalue weighted by Crippen LogP contribution is -2.35. The van der Waals surface area contributed by atoms with Crippen molar-refractivity contribution >= 4 is 11.9 Å². The van der Waals surface area contributed by atoms with Gasteiger partial charge in [0.2, 0.25) is 0 Å². The van der Waals surface area contributed by atoms with Gasteiger partial charge in [0.15, 0.2) is 0 Å². The molecule has 146 valence electrons. The van der Waals surface area contributed by atoms with E-state index in [1.54, 1.807) is 0 Å². The Morgan fingerprint density at radius 2 is 2.11 bits per heavy atom. The molecule has 0 aliphatic carbocycles. The van der Waals surface area contributed by atoms with Crippen LogP contribution in [0.5, 0.6) is 0 Å². The highest BCUT2D eigenvalue weighted by Gasteiger charge is 2.20. The van der Waals surface area contributed by atoms with E-state index in [1.165, 1.54) is 0 Å². The molecular weight excluding hydrogens is 342 g/mol. The predicted molar refractivity (Wildman–Crippen MR) is 106 cm³/mol. The average molecular weight is 371 g/mol. The van der Waals surface area contributed by atoms with Gasteiger partial charge in [-0.1, -0.05) is 19.9 Å². The number of piperidine rings is 1. The Hall–Kier alpha value is -2.57. The van der Waals surface area contributed by atoms with Crippen LogP contribution in [0, 0.1) is 11.8 Å². The number of amides is 1. The third-order valence-electron chi connectivity index (χ3n) is 4.98. The van der Waals surface area contributed by atoms with Crippen LogP contribution >= 0.6 is 0 Å². The van der Waals surface area contributed by atoms with Crippen LogP contribution in [0.15, 0.2) is 30.6 Å². The van der Waals surface area contributed by atoms with E-state index in [4.69, 9.17) is 10.1 Å². The lowest BCUT2D eigenvalue weighted by atomic mass is 9.93. The smallest absolute Gasteiger partial charge is 0.404 e. The highest BCUT2D eigenvalue weighted by Crippen LogP contribution is 2.26. The van der Waals surface area contributed by atoms with Gasteiger partial charge in [0.25, 0.3) is 0 Å². The molecule has 3 heterocycles. The Labute approximate surface area is 160 Å². The van der Waals surface area contributed by atoms with Crippen LogP contribution < -0.4 is 10.2 Å². The highest BCUT2D eigenvalue weighted by molar-refractivity contribution is 5.64. The number of pyridine rings is 1. The van der Waals surface area contributed by atoms with Gasteiger partial charge in [0.1, 0.15) is 5.82 Å². The summed E-state index contributed by atoms with van der Waals surface area (Å²) >= 11 is 0. The molecule has 7 heteroatoms. The molecule has 1 aliphatic heterocycles. The average Bonchev–Trinajstić information content (AvgIpc) is 3.10. The van der Waals surface area contributed by atoms with E-state index in [9.17, 15) is 4.79 Å². The highest BCUT2D eigenvalue weighted by atomic mass is 16.4. The lowest BCUT2D eigenvalue weighted by Gasteiger charge is -2.33. The van der Waals surface area contributed by atoms with Crippen molar-refractivity contribution in [2.45, 2.75) is 39.7 Å². The van der Waals surface area contributed by atoms with Crippen molar-refractivity contribution < 1.29 is 9.90 Å². The normalized spacial score (nSPS) is 15.3. The second-order valence-corrected chi connectivity index (χ2v) is 7.68. The van der Waals surface area contributed by atoms with E-state index in [0.29, 0.717) is 18.4 Å². The van der Waals surface area contributed by atoms with Crippen molar-refractivity contribution in [3.05, 3.63) is 30.6 Å². The number of carboxylic acid groups (broad SMARTS) is 1. The number of rotatable bonds is 7. The van der Waals surface area contributed by atoms with Crippen LogP contribution in [0.1, 0.15) is 33.1 Å². The third kappa shape index (κ3) is 5.45. The molecule has 0 atom stereocenters. The minimum absolute atomic E-state index is 0.536. The number of hydrogen-bond donors (Lipinski definition) is 2. The van der Waals surface area contributed by atoms with Crippen molar-refractivity contribution in [3.63, 3.8) is 0 Å². The standard InChI is InChI=1S/C20H29N5O2/c1-15(2)13-25-14-17(12-22-25)18-4-3-5-19(23-18)24-10-7-16(8-11-24)6-9-21-20(26)27/h3-5,12,14-16,21H,6-11,13H2,1-2H3,(H,26,27). The van der Waals surface area contributed by atoms with Gasteiger partial charge in [-0.25, -0.2) is 9.78 Å². The molecule has 7 nitrogen and oxygen atoms in total. The summed E-state index contributed by atoms with van der Waals surface area (Å²) < 4.78 is 1.98. The molecule has 1 saturated heterocycles. The largest absolute Gasteiger partial charge is 0.465 e. The van der Waals surface area contributed by atoms with Crippen molar-refractivity contribution in [2.75, 3.05) is 24.5 Å². The maximum absolute atomic E-state index is 10.5. The summed E-state index contributed by atoms with van der Waals surface area (Å²) in [5.41, 5.74) is 2.00. The van der Waals surface area contributed by atoms with Crippen molar-refractivity contribution in [2.24, 2.45) is 11.8 Å². The van der Waals surface area contributed by atoms with Crippen molar-refractivity contribution in [1.29, 1.82) is 0 Å². The maximum Gasteiger partial charge on any atom is 0.404 e. The summed E-state index contributed by atoms with van der Waals surface area (Å²) in [4.78, 5) is 17.7. The van der Waals surface area contributed by atoms with Crippen molar-refractivity contribution in [1.82, 2.24) is 20.1 Å². The second-order valence-electron chi connectivity index (χ2n) is 7.68. The molecule has 0 aromatic carbocycles.